The maximum absolute atomic E-state index is 12.8. The van der Waals surface area contributed by atoms with Gasteiger partial charge in [0.1, 0.15) is 24.5 Å². The van der Waals surface area contributed by atoms with Crippen molar-refractivity contribution in [1.29, 1.82) is 0 Å². The van der Waals surface area contributed by atoms with Gasteiger partial charge in [-0.05, 0) is 98.0 Å². The monoisotopic (exact) mass is 867 g/mol. The van der Waals surface area contributed by atoms with Crippen LogP contribution in [0.4, 0.5) is 0 Å². The molecule has 0 bridgehead atoms. The molecule has 344 valence electrons. The number of fused-ring (bicyclic) bond motifs is 2. The predicted molar refractivity (Wildman–Crippen MR) is 255 cm³/mol. The van der Waals surface area contributed by atoms with Gasteiger partial charge in [0.15, 0.2) is 0 Å². The molecule has 13 heteroatoms. The van der Waals surface area contributed by atoms with Gasteiger partial charge in [0, 0.05) is 32.9 Å². The number of H-pyrrole nitrogens is 2. The van der Waals surface area contributed by atoms with E-state index in [4.69, 9.17) is 9.97 Å². The van der Waals surface area contributed by atoms with Gasteiger partial charge in [-0.1, -0.05) is 96.9 Å². The van der Waals surface area contributed by atoms with Crippen molar-refractivity contribution in [1.82, 2.24) is 35.1 Å². The second-order valence-electron chi connectivity index (χ2n) is 16.3. The van der Waals surface area contributed by atoms with Crippen LogP contribution in [0.1, 0.15) is 154 Å². The molecule has 2 saturated heterocycles. The molecular formula is C50H74N8O5. The molecule has 2 aromatic carbocycles. The van der Waals surface area contributed by atoms with Gasteiger partial charge < -0.3 is 35.4 Å². The molecule has 1 saturated carbocycles. The van der Waals surface area contributed by atoms with Gasteiger partial charge in [-0.2, -0.15) is 0 Å². The van der Waals surface area contributed by atoms with Crippen LogP contribution >= 0.6 is 0 Å². The molecule has 4 aromatic rings. The van der Waals surface area contributed by atoms with Crippen LogP contribution in [0.15, 0.2) is 54.9 Å². The Hall–Kier alpha value is -5.40. The fraction of sp³-hybridized carbons (Fsp3) is 0.520. The molecule has 2 aliphatic heterocycles. The predicted octanol–water partition coefficient (Wildman–Crippen LogP) is 9.19. The number of nitrogens with two attached hydrogens (primary N) is 1. The minimum atomic E-state index is -0.333. The molecule has 13 nitrogen and oxygen atoms in total. The van der Waals surface area contributed by atoms with E-state index in [2.05, 4.69) is 114 Å². The number of hydrogen-bond donors (Lipinski definition) is 4. The van der Waals surface area contributed by atoms with Crippen molar-refractivity contribution in [2.45, 2.75) is 131 Å². The summed E-state index contributed by atoms with van der Waals surface area (Å²) in [6, 6.07) is 16.0. The number of hydrogen-bond acceptors (Lipinski definition) is 8. The highest BCUT2D eigenvalue weighted by Gasteiger charge is 2.47. The van der Waals surface area contributed by atoms with Gasteiger partial charge >= 0.3 is 0 Å². The van der Waals surface area contributed by atoms with Gasteiger partial charge in [0.05, 0.1) is 42.4 Å². The van der Waals surface area contributed by atoms with Crippen LogP contribution in [-0.2, 0) is 29.3 Å². The third-order valence-corrected chi connectivity index (χ3v) is 10.9. The summed E-state index contributed by atoms with van der Waals surface area (Å²) in [5.74, 6) is 1.28. The van der Waals surface area contributed by atoms with E-state index in [1.807, 2.05) is 31.1 Å². The third-order valence-electron chi connectivity index (χ3n) is 10.9. The number of methoxy groups -OCH3 is 1. The molecule has 0 unspecified atom stereocenters. The topological polar surface area (TPSA) is 179 Å². The van der Waals surface area contributed by atoms with E-state index in [9.17, 15) is 19.2 Å². The zero-order valence-electron chi connectivity index (χ0n) is 39.6. The van der Waals surface area contributed by atoms with Crippen molar-refractivity contribution in [3.05, 3.63) is 83.2 Å². The van der Waals surface area contributed by atoms with Gasteiger partial charge in [0.25, 0.3) is 0 Å². The van der Waals surface area contributed by atoms with Gasteiger partial charge in [-0.3, -0.25) is 19.3 Å². The molecule has 4 aliphatic rings. The van der Waals surface area contributed by atoms with Crippen molar-refractivity contribution in [2.24, 2.45) is 5.73 Å². The van der Waals surface area contributed by atoms with Crippen molar-refractivity contribution in [2.75, 3.05) is 40.4 Å². The van der Waals surface area contributed by atoms with E-state index in [1.165, 1.54) is 80.9 Å². The summed E-state index contributed by atoms with van der Waals surface area (Å²) in [6.07, 6.45) is 17.1. The molecule has 0 radical (unpaired) electrons. The van der Waals surface area contributed by atoms with Crippen LogP contribution in [-0.4, -0.2) is 94.1 Å². The van der Waals surface area contributed by atoms with E-state index in [0.29, 0.717) is 18.9 Å². The molecule has 2 aliphatic carbocycles. The number of carbonyl (C=O) groups excluding carboxylic acids is 4. The summed E-state index contributed by atoms with van der Waals surface area (Å²) in [7, 11) is 3.66. The van der Waals surface area contributed by atoms with E-state index in [-0.39, 0.29) is 42.3 Å². The molecule has 63 heavy (non-hydrogen) atoms. The summed E-state index contributed by atoms with van der Waals surface area (Å²) in [5, 5.41) is 2.63. The Morgan fingerprint density at radius 1 is 0.857 bits per heavy atom. The molecule has 5 N–H and O–H groups in total. The largest absolute Gasteiger partial charge is 0.377 e. The van der Waals surface area contributed by atoms with Crippen LogP contribution < -0.4 is 11.1 Å². The average molecular weight is 867 g/mol. The minimum absolute atomic E-state index is 0.0232. The molecule has 4 heterocycles. The fourth-order valence-electron chi connectivity index (χ4n) is 7.93. The third kappa shape index (κ3) is 14.8. The van der Waals surface area contributed by atoms with E-state index >= 15 is 0 Å². The summed E-state index contributed by atoms with van der Waals surface area (Å²) in [5.41, 5.74) is 14.4. The standard InChI is InChI=1S/C37H41N7O2.C3H6O2.2C3H8.C2H5NO.C2H6/c1-23(45)38-22-34(46)44-16-4-6-33(44)36-40-21-31(42-36)27-12-11-26-17-28(19-37(13-14-37)29(26)18-27)24-7-9-25(10-8-24)30-20-39-35(41-30)32-5-3-15-43(32)2;1-5-3-2-4;2*1-3-2;1-2(3)4;1-2/h7-12,17-18,20-21,32-33H,3-6,13-16,19,22H2,1-2H3,(H,38,45)(H,39,41)(H,40,42);2H,3H2,1H3;2*3H2,1-2H3;1H3,(H2,3,4);1-2H3/t32-,33-;;;;;/m0...../s1. The Morgan fingerprint density at radius 3 is 1.89 bits per heavy atom. The van der Waals surface area contributed by atoms with E-state index < -0.39 is 0 Å². The Balaban J connectivity index is 0.000000540. The SMILES string of the molecule is CC.CC(=O)NCC(=O)N1CCC[C@H]1c1ncc(-c2ccc3c(c2)C2(CC2)CC(c2ccc(-c4cnc([C@@H]5CCCN5C)[nH]4)cc2)=C3)[nH]1.CC(N)=O.CCC.CCC.COCC=O. The number of rotatable bonds is 9. The van der Waals surface area contributed by atoms with Crippen LogP contribution in [0.25, 0.3) is 34.2 Å². The lowest BCUT2D eigenvalue weighted by atomic mass is 9.77. The van der Waals surface area contributed by atoms with Gasteiger partial charge in [-0.25, -0.2) is 9.97 Å². The number of aromatic nitrogens is 4. The Morgan fingerprint density at radius 2 is 1.38 bits per heavy atom. The second kappa shape index (κ2) is 26.3. The van der Waals surface area contributed by atoms with Crippen LogP contribution in [0.3, 0.4) is 0 Å². The first kappa shape index (κ1) is 51.9. The lowest BCUT2D eigenvalue weighted by Gasteiger charge is -2.26. The Labute approximate surface area is 376 Å². The number of nitrogens with one attached hydrogen (secondary N) is 3. The van der Waals surface area contributed by atoms with E-state index in [0.717, 1.165) is 60.8 Å². The molecule has 8 rings (SSSR count). The molecule has 1 spiro atoms. The van der Waals surface area contributed by atoms with Gasteiger partial charge in [0.2, 0.25) is 17.7 Å². The summed E-state index contributed by atoms with van der Waals surface area (Å²) >= 11 is 0. The van der Waals surface area contributed by atoms with Crippen molar-refractivity contribution in [3.8, 4) is 22.5 Å². The second-order valence-corrected chi connectivity index (χ2v) is 16.3. The number of imidazole rings is 2. The lowest BCUT2D eigenvalue weighted by molar-refractivity contribution is -0.133. The maximum atomic E-state index is 12.8. The van der Waals surface area contributed by atoms with E-state index in [1.54, 1.807) is 0 Å². The highest BCUT2D eigenvalue weighted by Crippen LogP contribution is 2.58. The molecule has 2 aromatic heterocycles. The number of primary amides is 1. The number of aldehydes is 1. The number of amides is 3. The number of benzene rings is 2. The maximum Gasteiger partial charge on any atom is 0.242 e. The highest BCUT2D eigenvalue weighted by atomic mass is 16.5. The average Bonchev–Trinajstić information content (AvgIpc) is 3.83. The first-order chi connectivity index (χ1) is 30.3. The molecule has 2 atom stereocenters. The number of allylic oxidation sites excluding steroid dienone is 1. The number of aromatic amines is 2. The molecular weight excluding hydrogens is 793 g/mol. The van der Waals surface area contributed by atoms with Crippen LogP contribution in [0, 0.1) is 0 Å². The summed E-state index contributed by atoms with van der Waals surface area (Å²) in [4.78, 5) is 63.4. The van der Waals surface area contributed by atoms with Crippen LogP contribution in [0.2, 0.25) is 0 Å². The number of carbonyl (C=O) groups is 4. The van der Waals surface area contributed by atoms with Crippen molar-refractivity contribution in [3.63, 3.8) is 0 Å². The van der Waals surface area contributed by atoms with Crippen molar-refractivity contribution >= 4 is 35.7 Å². The Bertz CT molecular complexity index is 2060. The van der Waals surface area contributed by atoms with Gasteiger partial charge in [-0.15, -0.1) is 0 Å². The Kier molecular flexibility index (Phi) is 21.7. The molecule has 3 amide bonds. The first-order valence-electron chi connectivity index (χ1n) is 22.8. The van der Waals surface area contributed by atoms with Crippen molar-refractivity contribution < 1.29 is 23.9 Å². The highest BCUT2D eigenvalue weighted by molar-refractivity contribution is 5.88. The normalized spacial score (nSPS) is 17.6. The molecule has 3 fully saturated rings. The zero-order valence-corrected chi connectivity index (χ0v) is 39.6. The zero-order chi connectivity index (χ0) is 46.5. The number of ether oxygens (including phenoxy) is 1. The summed E-state index contributed by atoms with van der Waals surface area (Å²) < 4.78 is 4.32. The fourth-order valence-corrected chi connectivity index (χ4v) is 7.93. The smallest absolute Gasteiger partial charge is 0.242 e. The number of likely N-dealkylation sites (tertiary alicyclic amines) is 2. The quantitative estimate of drug-likeness (QED) is 0.120. The lowest BCUT2D eigenvalue weighted by Crippen LogP contribution is -2.39. The minimum Gasteiger partial charge on any atom is -0.377 e. The first-order valence-corrected chi connectivity index (χ1v) is 22.8. The van der Waals surface area contributed by atoms with Crippen LogP contribution in [0.5, 0.6) is 0 Å². The number of nitrogens with zero attached hydrogens (tertiary/aromatic N) is 4. The summed E-state index contributed by atoms with van der Waals surface area (Å²) in [6.45, 7) is 17.3.